The van der Waals surface area contributed by atoms with Gasteiger partial charge >= 0.3 is 0 Å². The third-order valence-corrected chi connectivity index (χ3v) is 3.86. The average molecular weight is 352 g/mol. The number of benzene rings is 2. The molecule has 0 aliphatic carbocycles. The van der Waals surface area contributed by atoms with Crippen LogP contribution >= 0.6 is 23.2 Å². The van der Waals surface area contributed by atoms with Crippen LogP contribution in [0.5, 0.6) is 5.75 Å². The molecule has 0 aromatic heterocycles. The number of amides is 1. The van der Waals surface area contributed by atoms with Crippen LogP contribution in [-0.4, -0.2) is 18.8 Å². The van der Waals surface area contributed by atoms with E-state index in [0.717, 1.165) is 11.1 Å². The van der Waals surface area contributed by atoms with Crippen LogP contribution in [0.25, 0.3) is 0 Å². The minimum atomic E-state index is -0.333. The van der Waals surface area contributed by atoms with Crippen molar-refractivity contribution >= 4 is 41.1 Å². The van der Waals surface area contributed by atoms with Gasteiger partial charge in [0.25, 0.3) is 5.91 Å². The maximum Gasteiger partial charge on any atom is 0.262 e. The predicted octanol–water partition coefficient (Wildman–Crippen LogP) is 4.44. The third-order valence-electron chi connectivity index (χ3n) is 3.29. The fourth-order valence-electron chi connectivity index (χ4n) is 1.94. The molecule has 6 heteroatoms. The molecule has 1 amide bonds. The van der Waals surface area contributed by atoms with Crippen molar-refractivity contribution in [3.05, 3.63) is 57.1 Å². The molecule has 0 heterocycles. The number of anilines is 1. The molecule has 0 spiro atoms. The van der Waals surface area contributed by atoms with Crippen LogP contribution in [0.4, 0.5) is 5.69 Å². The number of hydrogen-bond donors (Lipinski definition) is 1. The van der Waals surface area contributed by atoms with Gasteiger partial charge in [-0.1, -0.05) is 29.3 Å². The highest BCUT2D eigenvalue weighted by atomic mass is 35.5. The summed E-state index contributed by atoms with van der Waals surface area (Å²) in [5.41, 5.74) is 3.26. The number of carbonyl (C=O) groups excluding carboxylic acids is 2. The van der Waals surface area contributed by atoms with Crippen molar-refractivity contribution in [1.29, 1.82) is 0 Å². The molecule has 2 aromatic carbocycles. The lowest BCUT2D eigenvalue weighted by atomic mass is 10.1. The smallest absolute Gasteiger partial charge is 0.262 e. The molecule has 1 N–H and O–H groups in total. The minimum absolute atomic E-state index is 0.175. The molecule has 0 radical (unpaired) electrons. The van der Waals surface area contributed by atoms with E-state index in [0.29, 0.717) is 17.5 Å². The molecule has 0 bridgehead atoms. The van der Waals surface area contributed by atoms with Crippen LogP contribution in [-0.2, 0) is 4.79 Å². The van der Waals surface area contributed by atoms with E-state index < -0.39 is 0 Å². The summed E-state index contributed by atoms with van der Waals surface area (Å²) < 4.78 is 5.36. The molecule has 0 fully saturated rings. The molecule has 0 saturated carbocycles. The maximum atomic E-state index is 11.9. The van der Waals surface area contributed by atoms with Gasteiger partial charge in [-0.3, -0.25) is 9.59 Å². The Labute approximate surface area is 144 Å². The Morgan fingerprint density at radius 2 is 1.78 bits per heavy atom. The van der Waals surface area contributed by atoms with Crippen LogP contribution in [0.3, 0.4) is 0 Å². The summed E-state index contributed by atoms with van der Waals surface area (Å²) in [5.74, 6) is -0.158. The molecule has 120 valence electrons. The first-order valence-corrected chi connectivity index (χ1v) is 7.60. The number of carbonyl (C=O) groups is 2. The van der Waals surface area contributed by atoms with Gasteiger partial charge in [0, 0.05) is 11.3 Å². The highest BCUT2D eigenvalue weighted by Crippen LogP contribution is 2.33. The van der Waals surface area contributed by atoms with Gasteiger partial charge < -0.3 is 10.1 Å². The highest BCUT2D eigenvalue weighted by molar-refractivity contribution is 6.37. The fraction of sp³-hybridized carbons (Fsp3) is 0.176. The Bertz CT molecular complexity index is 736. The van der Waals surface area contributed by atoms with Gasteiger partial charge in [-0.25, -0.2) is 0 Å². The summed E-state index contributed by atoms with van der Waals surface area (Å²) in [5, 5.41) is 3.09. The first kappa shape index (κ1) is 17.3. The largest absolute Gasteiger partial charge is 0.481 e. The topological polar surface area (TPSA) is 55.4 Å². The van der Waals surface area contributed by atoms with E-state index >= 15 is 0 Å². The number of aldehydes is 1. The van der Waals surface area contributed by atoms with Crippen molar-refractivity contribution in [2.45, 2.75) is 13.8 Å². The number of aryl methyl sites for hydroxylation is 2. The second-order valence-electron chi connectivity index (χ2n) is 5.07. The van der Waals surface area contributed by atoms with Crippen LogP contribution in [0.2, 0.25) is 10.0 Å². The Kier molecular flexibility index (Phi) is 5.64. The minimum Gasteiger partial charge on any atom is -0.481 e. The highest BCUT2D eigenvalue weighted by Gasteiger charge is 2.12. The second kappa shape index (κ2) is 7.49. The second-order valence-corrected chi connectivity index (χ2v) is 5.88. The van der Waals surface area contributed by atoms with E-state index in [2.05, 4.69) is 5.32 Å². The summed E-state index contributed by atoms with van der Waals surface area (Å²) in [6.45, 7) is 3.72. The van der Waals surface area contributed by atoms with Gasteiger partial charge in [0.1, 0.15) is 6.29 Å². The van der Waals surface area contributed by atoms with E-state index in [1.165, 1.54) is 12.1 Å². The number of ether oxygens (including phenoxy) is 1. The lowest BCUT2D eigenvalue weighted by Crippen LogP contribution is -2.20. The molecule has 2 rings (SSSR count). The van der Waals surface area contributed by atoms with Crippen LogP contribution in [0, 0.1) is 13.8 Å². The van der Waals surface area contributed by atoms with Crippen LogP contribution in [0.15, 0.2) is 30.3 Å². The third kappa shape index (κ3) is 4.47. The van der Waals surface area contributed by atoms with Gasteiger partial charge in [0.05, 0.1) is 10.0 Å². The Hall–Kier alpha value is -2.04. The van der Waals surface area contributed by atoms with Crippen LogP contribution in [0.1, 0.15) is 21.5 Å². The molecule has 0 saturated heterocycles. The number of nitrogens with one attached hydrogen (secondary N) is 1. The molecular weight excluding hydrogens is 337 g/mol. The van der Waals surface area contributed by atoms with E-state index in [9.17, 15) is 9.59 Å². The molecular formula is C17H15Cl2NO3. The molecule has 4 nitrogen and oxygen atoms in total. The zero-order valence-corrected chi connectivity index (χ0v) is 14.2. The molecule has 0 aliphatic heterocycles. The Morgan fingerprint density at radius 1 is 1.13 bits per heavy atom. The lowest BCUT2D eigenvalue weighted by molar-refractivity contribution is -0.118. The first-order valence-electron chi connectivity index (χ1n) is 6.85. The van der Waals surface area contributed by atoms with Gasteiger partial charge in [-0.2, -0.15) is 0 Å². The van der Waals surface area contributed by atoms with Crippen molar-refractivity contribution in [2.75, 3.05) is 11.9 Å². The standard InChI is InChI=1S/C17H15Cl2NO3/c1-10-3-4-13(5-11(10)2)20-16(22)9-23-17-14(18)6-12(8-21)7-15(17)19/h3-8H,9H2,1-2H3,(H,20,22). The van der Waals surface area contributed by atoms with Crippen molar-refractivity contribution in [1.82, 2.24) is 0 Å². The Balaban J connectivity index is 2.02. The number of hydrogen-bond acceptors (Lipinski definition) is 3. The molecule has 0 unspecified atom stereocenters. The van der Waals surface area contributed by atoms with E-state index in [-0.39, 0.29) is 28.3 Å². The molecule has 23 heavy (non-hydrogen) atoms. The lowest BCUT2D eigenvalue weighted by Gasteiger charge is -2.11. The summed E-state index contributed by atoms with van der Waals surface area (Å²) in [6.07, 6.45) is 0.633. The zero-order chi connectivity index (χ0) is 17.0. The van der Waals surface area contributed by atoms with Gasteiger partial charge in [0.2, 0.25) is 0 Å². The number of rotatable bonds is 5. The number of halogens is 2. The Morgan fingerprint density at radius 3 is 2.35 bits per heavy atom. The van der Waals surface area contributed by atoms with E-state index in [1.807, 2.05) is 32.0 Å². The predicted molar refractivity (Wildman–Crippen MR) is 91.9 cm³/mol. The van der Waals surface area contributed by atoms with Crippen molar-refractivity contribution in [3.63, 3.8) is 0 Å². The van der Waals surface area contributed by atoms with Crippen LogP contribution < -0.4 is 10.1 Å². The van der Waals surface area contributed by atoms with Crippen molar-refractivity contribution < 1.29 is 14.3 Å². The van der Waals surface area contributed by atoms with E-state index in [4.69, 9.17) is 27.9 Å². The summed E-state index contributed by atoms with van der Waals surface area (Å²) in [6, 6.07) is 8.48. The monoisotopic (exact) mass is 351 g/mol. The molecule has 2 aromatic rings. The van der Waals surface area contributed by atoms with E-state index in [1.54, 1.807) is 0 Å². The zero-order valence-electron chi connectivity index (χ0n) is 12.7. The first-order chi connectivity index (χ1) is 10.9. The summed E-state index contributed by atoms with van der Waals surface area (Å²) in [4.78, 5) is 22.7. The fourth-order valence-corrected chi connectivity index (χ4v) is 2.55. The van der Waals surface area contributed by atoms with Gasteiger partial charge in [0.15, 0.2) is 12.4 Å². The summed E-state index contributed by atoms with van der Waals surface area (Å²) in [7, 11) is 0. The quantitative estimate of drug-likeness (QED) is 0.810. The van der Waals surface area contributed by atoms with Crippen molar-refractivity contribution in [2.24, 2.45) is 0 Å². The van der Waals surface area contributed by atoms with Gasteiger partial charge in [-0.15, -0.1) is 0 Å². The average Bonchev–Trinajstić information content (AvgIpc) is 2.50. The van der Waals surface area contributed by atoms with Gasteiger partial charge in [-0.05, 0) is 49.2 Å². The molecule has 0 aliphatic rings. The summed E-state index contributed by atoms with van der Waals surface area (Å²) >= 11 is 12.0. The molecule has 0 atom stereocenters. The normalized spacial score (nSPS) is 10.3. The SMILES string of the molecule is Cc1ccc(NC(=O)COc2c(Cl)cc(C=O)cc2Cl)cc1C. The maximum absolute atomic E-state index is 11.9. The van der Waals surface area contributed by atoms with Crippen molar-refractivity contribution in [3.8, 4) is 5.75 Å².